The van der Waals surface area contributed by atoms with E-state index >= 15 is 0 Å². The molecule has 4 nitrogen and oxygen atoms in total. The SMILES string of the molecule is CC(C)(C)Cc1cc2n(n1)CC(C)(C)C[C@H]2N[S@@](=O)C(C)(C)C. The lowest BCUT2D eigenvalue weighted by Gasteiger charge is -2.37. The first-order chi connectivity index (χ1) is 10.3. The lowest BCUT2D eigenvalue weighted by Crippen LogP contribution is -2.41. The van der Waals surface area contributed by atoms with Gasteiger partial charge >= 0.3 is 0 Å². The molecule has 5 heteroatoms. The van der Waals surface area contributed by atoms with Crippen LogP contribution in [0.5, 0.6) is 0 Å². The Morgan fingerprint density at radius 3 is 2.43 bits per heavy atom. The van der Waals surface area contributed by atoms with E-state index < -0.39 is 11.0 Å². The lowest BCUT2D eigenvalue weighted by molar-refractivity contribution is 0.201. The van der Waals surface area contributed by atoms with Gasteiger partial charge in [0, 0.05) is 6.54 Å². The average Bonchev–Trinajstić information content (AvgIpc) is 2.65. The van der Waals surface area contributed by atoms with Crippen LogP contribution in [0.25, 0.3) is 0 Å². The number of hydrogen-bond acceptors (Lipinski definition) is 2. The second kappa shape index (κ2) is 5.99. The van der Waals surface area contributed by atoms with E-state index in [1.54, 1.807) is 0 Å². The molecule has 0 saturated heterocycles. The average molecular weight is 340 g/mol. The second-order valence-electron chi connectivity index (χ2n) is 9.88. The molecule has 1 aromatic heterocycles. The van der Waals surface area contributed by atoms with Crippen molar-refractivity contribution in [3.63, 3.8) is 0 Å². The molecule has 1 aromatic rings. The zero-order chi connectivity index (χ0) is 17.6. The number of rotatable bonds is 3. The first kappa shape index (κ1) is 18.7. The van der Waals surface area contributed by atoms with E-state index in [-0.39, 0.29) is 21.6 Å². The maximum atomic E-state index is 12.6. The van der Waals surface area contributed by atoms with E-state index in [1.165, 1.54) is 5.69 Å². The Morgan fingerprint density at radius 2 is 1.91 bits per heavy atom. The summed E-state index contributed by atoms with van der Waals surface area (Å²) in [5.74, 6) is 0. The number of fused-ring (bicyclic) bond motifs is 1. The molecular formula is C18H33N3OS. The van der Waals surface area contributed by atoms with Crippen LogP contribution in [0.2, 0.25) is 0 Å². The van der Waals surface area contributed by atoms with E-state index in [9.17, 15) is 4.21 Å². The monoisotopic (exact) mass is 339 g/mol. The number of aromatic nitrogens is 2. The zero-order valence-electron chi connectivity index (χ0n) is 16.0. The highest BCUT2D eigenvalue weighted by Crippen LogP contribution is 2.38. The van der Waals surface area contributed by atoms with Gasteiger partial charge in [0.15, 0.2) is 0 Å². The van der Waals surface area contributed by atoms with Crippen LogP contribution < -0.4 is 4.72 Å². The maximum Gasteiger partial charge on any atom is 0.0976 e. The molecule has 0 spiro atoms. The Morgan fingerprint density at radius 1 is 1.30 bits per heavy atom. The summed E-state index contributed by atoms with van der Waals surface area (Å²) in [5, 5.41) is 4.83. The summed E-state index contributed by atoms with van der Waals surface area (Å²) in [4.78, 5) is 0. The summed E-state index contributed by atoms with van der Waals surface area (Å²) < 4.78 is 17.8. The largest absolute Gasteiger partial charge is 0.267 e. The molecule has 1 aliphatic heterocycles. The normalized spacial score (nSPS) is 22.7. The van der Waals surface area contributed by atoms with Gasteiger partial charge in [0.05, 0.1) is 33.2 Å². The fourth-order valence-electron chi connectivity index (χ4n) is 3.06. The van der Waals surface area contributed by atoms with Crippen LogP contribution >= 0.6 is 0 Å². The summed E-state index contributed by atoms with van der Waals surface area (Å²) >= 11 is 0. The van der Waals surface area contributed by atoms with Gasteiger partial charge in [-0.1, -0.05) is 34.6 Å². The van der Waals surface area contributed by atoms with Crippen molar-refractivity contribution in [1.82, 2.24) is 14.5 Å². The fraction of sp³-hybridized carbons (Fsp3) is 0.833. The molecule has 0 aliphatic carbocycles. The van der Waals surface area contributed by atoms with Crippen molar-refractivity contribution in [2.45, 2.75) is 85.6 Å². The van der Waals surface area contributed by atoms with E-state index in [2.05, 4.69) is 50.1 Å². The lowest BCUT2D eigenvalue weighted by atomic mass is 9.82. The molecule has 23 heavy (non-hydrogen) atoms. The number of hydrogen-bond donors (Lipinski definition) is 1. The second-order valence-corrected chi connectivity index (χ2v) is 11.9. The van der Waals surface area contributed by atoms with Crippen LogP contribution in [0, 0.1) is 10.8 Å². The van der Waals surface area contributed by atoms with Crippen molar-refractivity contribution in [3.05, 3.63) is 17.5 Å². The molecule has 2 rings (SSSR count). The van der Waals surface area contributed by atoms with Crippen LogP contribution in [0.1, 0.15) is 79.2 Å². The molecule has 0 fully saturated rings. The quantitative estimate of drug-likeness (QED) is 0.905. The minimum absolute atomic E-state index is 0.0972. The van der Waals surface area contributed by atoms with E-state index in [1.807, 2.05) is 20.8 Å². The Labute approximate surface area is 144 Å². The van der Waals surface area contributed by atoms with Crippen molar-refractivity contribution >= 4 is 11.0 Å². The molecule has 132 valence electrons. The predicted molar refractivity (Wildman–Crippen MR) is 97.6 cm³/mol. The molecule has 1 N–H and O–H groups in total. The van der Waals surface area contributed by atoms with Crippen LogP contribution in [0.15, 0.2) is 6.07 Å². The summed E-state index contributed by atoms with van der Waals surface area (Å²) in [6.07, 6.45) is 1.94. The van der Waals surface area contributed by atoms with Crippen molar-refractivity contribution in [2.75, 3.05) is 0 Å². The third-order valence-corrected chi connectivity index (χ3v) is 5.68. The molecule has 2 heterocycles. The maximum absolute atomic E-state index is 12.6. The molecule has 0 bridgehead atoms. The van der Waals surface area contributed by atoms with Crippen LogP contribution in [0.4, 0.5) is 0 Å². The van der Waals surface area contributed by atoms with Gasteiger partial charge in [-0.15, -0.1) is 0 Å². The van der Waals surface area contributed by atoms with Crippen molar-refractivity contribution in [2.24, 2.45) is 10.8 Å². The summed E-state index contributed by atoms with van der Waals surface area (Å²) in [6.45, 7) is 18.2. The van der Waals surface area contributed by atoms with Gasteiger partial charge in [-0.3, -0.25) is 4.68 Å². The van der Waals surface area contributed by atoms with Gasteiger partial charge in [-0.05, 0) is 50.5 Å². The van der Waals surface area contributed by atoms with E-state index in [0.29, 0.717) is 0 Å². The van der Waals surface area contributed by atoms with Crippen molar-refractivity contribution in [1.29, 1.82) is 0 Å². The van der Waals surface area contributed by atoms with Gasteiger partial charge in [-0.2, -0.15) is 5.10 Å². The highest BCUT2D eigenvalue weighted by Gasteiger charge is 2.36. The fourth-order valence-corrected chi connectivity index (χ4v) is 3.87. The van der Waals surface area contributed by atoms with Gasteiger partial charge < -0.3 is 0 Å². The summed E-state index contributed by atoms with van der Waals surface area (Å²) in [7, 11) is -1.08. The summed E-state index contributed by atoms with van der Waals surface area (Å²) in [6, 6.07) is 2.30. The third kappa shape index (κ3) is 4.90. The molecule has 0 saturated carbocycles. The molecule has 2 atom stereocenters. The van der Waals surface area contributed by atoms with Crippen LogP contribution in [-0.4, -0.2) is 18.7 Å². The first-order valence-electron chi connectivity index (χ1n) is 8.52. The van der Waals surface area contributed by atoms with Gasteiger partial charge in [0.2, 0.25) is 0 Å². The highest BCUT2D eigenvalue weighted by atomic mass is 32.2. The van der Waals surface area contributed by atoms with Crippen LogP contribution in [0.3, 0.4) is 0 Å². The topological polar surface area (TPSA) is 46.9 Å². The Bertz CT molecular complexity index is 590. The van der Waals surface area contributed by atoms with Gasteiger partial charge in [0.1, 0.15) is 0 Å². The third-order valence-electron chi connectivity index (χ3n) is 4.07. The molecule has 0 unspecified atom stereocenters. The molecule has 0 amide bonds. The molecule has 1 aliphatic rings. The first-order valence-corrected chi connectivity index (χ1v) is 9.67. The standard InChI is InChI=1S/C18H33N3OS/c1-16(2,3)10-13-9-15-14(20-23(22)17(4,5)6)11-18(7,8)12-21(15)19-13/h9,14,20H,10-12H2,1-8H3/t14-,23+/m1/s1. The van der Waals surface area contributed by atoms with E-state index in [0.717, 1.165) is 25.1 Å². The molecule has 0 aromatic carbocycles. The Kier molecular flexibility index (Phi) is 4.86. The molecular weight excluding hydrogens is 306 g/mol. The van der Waals surface area contributed by atoms with Gasteiger partial charge in [-0.25, -0.2) is 8.93 Å². The highest BCUT2D eigenvalue weighted by molar-refractivity contribution is 7.84. The smallest absolute Gasteiger partial charge is 0.0976 e. The minimum atomic E-state index is -1.08. The number of nitrogens with zero attached hydrogens (tertiary/aromatic N) is 2. The van der Waals surface area contributed by atoms with Gasteiger partial charge in [0.25, 0.3) is 0 Å². The Balaban J connectivity index is 2.30. The van der Waals surface area contributed by atoms with Crippen molar-refractivity contribution in [3.8, 4) is 0 Å². The molecule has 0 radical (unpaired) electrons. The van der Waals surface area contributed by atoms with Crippen LogP contribution in [-0.2, 0) is 24.0 Å². The zero-order valence-corrected chi connectivity index (χ0v) is 16.8. The minimum Gasteiger partial charge on any atom is -0.267 e. The summed E-state index contributed by atoms with van der Waals surface area (Å²) in [5.41, 5.74) is 2.69. The number of nitrogens with one attached hydrogen (secondary N) is 1. The predicted octanol–water partition coefficient (Wildman–Crippen LogP) is 3.99. The van der Waals surface area contributed by atoms with Crippen molar-refractivity contribution < 1.29 is 4.21 Å². The van der Waals surface area contributed by atoms with E-state index in [4.69, 9.17) is 5.10 Å². The Hall–Kier alpha value is -0.680.